The number of amides is 2. The molecule has 138 valence electrons. The number of carbonyl (C=O) groups is 2. The molecule has 0 saturated heterocycles. The summed E-state index contributed by atoms with van der Waals surface area (Å²) < 4.78 is 5.22. The summed E-state index contributed by atoms with van der Waals surface area (Å²) in [4.78, 5) is 25.4. The van der Waals surface area contributed by atoms with E-state index < -0.39 is 6.04 Å². The molecule has 0 bridgehead atoms. The molecule has 2 aromatic rings. The summed E-state index contributed by atoms with van der Waals surface area (Å²) in [5.41, 5.74) is 1.79. The molecule has 6 heteroatoms. The van der Waals surface area contributed by atoms with E-state index in [2.05, 4.69) is 10.6 Å². The predicted molar refractivity (Wildman–Crippen MR) is 104 cm³/mol. The smallest absolute Gasteiger partial charge is 0.255 e. The SMILES string of the molecule is COc1ccccc1C(=O)NC(C(=O)Nc1cccc(Cl)c1C)C(C)C. The minimum absolute atomic E-state index is 0.104. The van der Waals surface area contributed by atoms with Crippen molar-refractivity contribution in [2.24, 2.45) is 5.92 Å². The highest BCUT2D eigenvalue weighted by Gasteiger charge is 2.26. The quantitative estimate of drug-likeness (QED) is 0.801. The second-order valence-corrected chi connectivity index (χ2v) is 6.70. The first kappa shape index (κ1) is 19.8. The lowest BCUT2D eigenvalue weighted by Gasteiger charge is -2.23. The Hall–Kier alpha value is -2.53. The van der Waals surface area contributed by atoms with Crippen LogP contribution < -0.4 is 15.4 Å². The van der Waals surface area contributed by atoms with Gasteiger partial charge in [-0.15, -0.1) is 0 Å². The molecule has 0 spiro atoms. The molecule has 2 aromatic carbocycles. The van der Waals surface area contributed by atoms with Crippen LogP contribution in [0.15, 0.2) is 42.5 Å². The van der Waals surface area contributed by atoms with Gasteiger partial charge >= 0.3 is 0 Å². The van der Waals surface area contributed by atoms with Crippen LogP contribution in [0, 0.1) is 12.8 Å². The lowest BCUT2D eigenvalue weighted by atomic mass is 10.0. The van der Waals surface area contributed by atoms with Gasteiger partial charge in [-0.1, -0.05) is 43.6 Å². The summed E-state index contributed by atoms with van der Waals surface area (Å²) in [7, 11) is 1.50. The van der Waals surface area contributed by atoms with Crippen LogP contribution in [0.5, 0.6) is 5.75 Å². The van der Waals surface area contributed by atoms with Gasteiger partial charge in [0.2, 0.25) is 5.91 Å². The highest BCUT2D eigenvalue weighted by atomic mass is 35.5. The molecule has 0 aliphatic carbocycles. The number of hydrogen-bond donors (Lipinski definition) is 2. The number of anilines is 1. The average Bonchev–Trinajstić information content (AvgIpc) is 2.62. The summed E-state index contributed by atoms with van der Waals surface area (Å²) in [6.07, 6.45) is 0. The van der Waals surface area contributed by atoms with Crippen LogP contribution in [0.25, 0.3) is 0 Å². The van der Waals surface area contributed by atoms with E-state index in [1.807, 2.05) is 20.8 Å². The topological polar surface area (TPSA) is 67.4 Å². The fourth-order valence-corrected chi connectivity index (χ4v) is 2.71. The Morgan fingerprint density at radius 1 is 1.08 bits per heavy atom. The summed E-state index contributed by atoms with van der Waals surface area (Å²) >= 11 is 6.10. The molecule has 0 saturated carbocycles. The molecule has 0 heterocycles. The van der Waals surface area contributed by atoms with Crippen molar-refractivity contribution in [1.82, 2.24) is 5.32 Å². The first-order valence-electron chi connectivity index (χ1n) is 8.35. The van der Waals surface area contributed by atoms with Crippen molar-refractivity contribution in [2.45, 2.75) is 26.8 Å². The van der Waals surface area contributed by atoms with E-state index in [0.717, 1.165) is 5.56 Å². The first-order valence-corrected chi connectivity index (χ1v) is 8.72. The van der Waals surface area contributed by atoms with Crippen LogP contribution in [0.1, 0.15) is 29.8 Å². The third kappa shape index (κ3) is 4.55. The minimum Gasteiger partial charge on any atom is -0.496 e. The Bertz CT molecular complexity index is 805. The molecule has 0 aromatic heterocycles. The zero-order valence-corrected chi connectivity index (χ0v) is 16.1. The van der Waals surface area contributed by atoms with Crippen molar-refractivity contribution in [2.75, 3.05) is 12.4 Å². The van der Waals surface area contributed by atoms with Gasteiger partial charge in [0.25, 0.3) is 5.91 Å². The molecule has 0 aliphatic heterocycles. The van der Waals surface area contributed by atoms with Gasteiger partial charge in [0.15, 0.2) is 0 Å². The number of para-hydroxylation sites is 1. The maximum atomic E-state index is 12.7. The van der Waals surface area contributed by atoms with Gasteiger partial charge in [-0.25, -0.2) is 0 Å². The van der Waals surface area contributed by atoms with E-state index in [0.29, 0.717) is 22.0 Å². The molecule has 0 fully saturated rings. The van der Waals surface area contributed by atoms with Gasteiger partial charge in [0.05, 0.1) is 12.7 Å². The summed E-state index contributed by atoms with van der Waals surface area (Å²) in [6, 6.07) is 11.5. The van der Waals surface area contributed by atoms with Gasteiger partial charge < -0.3 is 15.4 Å². The van der Waals surface area contributed by atoms with E-state index in [-0.39, 0.29) is 17.7 Å². The van der Waals surface area contributed by atoms with E-state index in [1.54, 1.807) is 42.5 Å². The van der Waals surface area contributed by atoms with Gasteiger partial charge in [0, 0.05) is 10.7 Å². The number of benzene rings is 2. The third-order valence-electron chi connectivity index (χ3n) is 4.11. The molecule has 1 atom stereocenters. The monoisotopic (exact) mass is 374 g/mol. The lowest BCUT2D eigenvalue weighted by molar-refractivity contribution is -0.118. The predicted octanol–water partition coefficient (Wildman–Crippen LogP) is 4.05. The van der Waals surface area contributed by atoms with Crippen molar-refractivity contribution < 1.29 is 14.3 Å². The maximum absolute atomic E-state index is 12.7. The molecule has 2 N–H and O–H groups in total. The summed E-state index contributed by atoms with van der Waals surface area (Å²) in [5, 5.41) is 6.22. The third-order valence-corrected chi connectivity index (χ3v) is 4.52. The molecule has 26 heavy (non-hydrogen) atoms. The molecule has 2 amide bonds. The zero-order valence-electron chi connectivity index (χ0n) is 15.3. The molecular formula is C20H23ClN2O3. The van der Waals surface area contributed by atoms with Gasteiger partial charge in [-0.05, 0) is 42.7 Å². The Morgan fingerprint density at radius 3 is 2.42 bits per heavy atom. The standard InChI is InChI=1S/C20H23ClN2O3/c1-12(2)18(20(25)22-16-10-7-9-15(21)13(16)3)23-19(24)14-8-5-6-11-17(14)26-4/h5-12,18H,1-4H3,(H,22,25)(H,23,24). The van der Waals surface area contributed by atoms with Gasteiger partial charge in [-0.3, -0.25) is 9.59 Å². The van der Waals surface area contributed by atoms with Crippen molar-refractivity contribution in [3.05, 3.63) is 58.6 Å². The lowest BCUT2D eigenvalue weighted by Crippen LogP contribution is -2.47. The first-order chi connectivity index (χ1) is 12.3. The molecule has 5 nitrogen and oxygen atoms in total. The average molecular weight is 375 g/mol. The Balaban J connectivity index is 2.19. The second-order valence-electron chi connectivity index (χ2n) is 6.30. The number of halogens is 1. The van der Waals surface area contributed by atoms with Crippen LogP contribution in [-0.4, -0.2) is 25.0 Å². The van der Waals surface area contributed by atoms with Crippen molar-refractivity contribution in [3.63, 3.8) is 0 Å². The van der Waals surface area contributed by atoms with Crippen LogP contribution in [0.2, 0.25) is 5.02 Å². The number of ether oxygens (including phenoxy) is 1. The zero-order chi connectivity index (χ0) is 19.3. The van der Waals surface area contributed by atoms with E-state index in [4.69, 9.17) is 16.3 Å². The fourth-order valence-electron chi connectivity index (χ4n) is 2.54. The van der Waals surface area contributed by atoms with Gasteiger partial charge in [-0.2, -0.15) is 0 Å². The summed E-state index contributed by atoms with van der Waals surface area (Å²) in [6.45, 7) is 5.57. The molecular weight excluding hydrogens is 352 g/mol. The maximum Gasteiger partial charge on any atom is 0.255 e. The largest absolute Gasteiger partial charge is 0.496 e. The molecule has 2 rings (SSSR count). The van der Waals surface area contributed by atoms with Crippen molar-refractivity contribution >= 4 is 29.1 Å². The summed E-state index contributed by atoms with van der Waals surface area (Å²) in [5.74, 6) is -0.306. The van der Waals surface area contributed by atoms with Crippen molar-refractivity contribution in [1.29, 1.82) is 0 Å². The van der Waals surface area contributed by atoms with Crippen molar-refractivity contribution in [3.8, 4) is 5.75 Å². The molecule has 0 aliphatic rings. The van der Waals surface area contributed by atoms with Crippen LogP contribution in [0.4, 0.5) is 5.69 Å². The number of methoxy groups -OCH3 is 1. The molecule has 1 unspecified atom stereocenters. The van der Waals surface area contributed by atoms with Crippen LogP contribution in [-0.2, 0) is 4.79 Å². The van der Waals surface area contributed by atoms with E-state index in [1.165, 1.54) is 7.11 Å². The Morgan fingerprint density at radius 2 is 1.77 bits per heavy atom. The van der Waals surface area contributed by atoms with Crippen LogP contribution >= 0.6 is 11.6 Å². The highest BCUT2D eigenvalue weighted by Crippen LogP contribution is 2.23. The van der Waals surface area contributed by atoms with Crippen LogP contribution in [0.3, 0.4) is 0 Å². The fraction of sp³-hybridized carbons (Fsp3) is 0.300. The normalized spacial score (nSPS) is 11.8. The number of carbonyl (C=O) groups excluding carboxylic acids is 2. The second kappa shape index (κ2) is 8.72. The van der Waals surface area contributed by atoms with E-state index in [9.17, 15) is 9.59 Å². The highest BCUT2D eigenvalue weighted by molar-refractivity contribution is 6.31. The Kier molecular flexibility index (Phi) is 6.64. The van der Waals surface area contributed by atoms with E-state index >= 15 is 0 Å². The number of hydrogen-bond acceptors (Lipinski definition) is 3. The number of nitrogens with one attached hydrogen (secondary N) is 2. The van der Waals surface area contributed by atoms with Gasteiger partial charge in [0.1, 0.15) is 11.8 Å². The number of rotatable bonds is 6. The minimum atomic E-state index is -0.703. The molecule has 0 radical (unpaired) electrons. The Labute approximate surface area is 158 Å².